The Bertz CT molecular complexity index is 1280. The van der Waals surface area contributed by atoms with E-state index in [0.29, 0.717) is 36.2 Å². The molecular formula is C39H56O4. The zero-order chi connectivity index (χ0) is 31.0. The van der Waals surface area contributed by atoms with Crippen LogP contribution in [0.5, 0.6) is 5.75 Å². The van der Waals surface area contributed by atoms with Gasteiger partial charge in [-0.05, 0) is 146 Å². The first kappa shape index (κ1) is 30.9. The van der Waals surface area contributed by atoms with Crippen molar-refractivity contribution < 1.29 is 19.7 Å². The summed E-state index contributed by atoms with van der Waals surface area (Å²) in [7, 11) is 0. The first-order valence-electron chi connectivity index (χ1n) is 17.2. The third kappa shape index (κ3) is 4.50. The summed E-state index contributed by atoms with van der Waals surface area (Å²) in [5.74, 6) is 2.90. The highest BCUT2D eigenvalue weighted by molar-refractivity contribution is 5.87. The van der Waals surface area contributed by atoms with Crippen LogP contribution < -0.4 is 0 Å². The number of esters is 1. The second-order valence-electron chi connectivity index (χ2n) is 16.9. The first-order chi connectivity index (χ1) is 20.2. The highest BCUT2D eigenvalue weighted by atomic mass is 16.5. The fourth-order valence-corrected chi connectivity index (χ4v) is 12.7. The molecule has 236 valence electrons. The average molecular weight is 589 g/mol. The molecule has 1 aromatic rings. The van der Waals surface area contributed by atoms with Gasteiger partial charge in [-0.2, -0.15) is 0 Å². The molecular weight excluding hydrogens is 532 g/mol. The van der Waals surface area contributed by atoms with Gasteiger partial charge < -0.3 is 14.9 Å². The van der Waals surface area contributed by atoms with Crippen molar-refractivity contribution in [2.75, 3.05) is 6.61 Å². The van der Waals surface area contributed by atoms with Gasteiger partial charge in [0.1, 0.15) is 11.9 Å². The SMILES string of the molecule is C=C(C)C1CC[C@]2(CO)CC[C@]3(C)C(CCC4[C@@]5(C)CCC(OC(=O)C=Cc6ccc(O)cc6)C(C)(C)C5CC[C@]43C)C12. The molecule has 4 nitrogen and oxygen atoms in total. The van der Waals surface area contributed by atoms with Crippen LogP contribution in [0.3, 0.4) is 0 Å². The lowest BCUT2D eigenvalue weighted by molar-refractivity contribution is -0.251. The minimum absolute atomic E-state index is 0.0894. The van der Waals surface area contributed by atoms with Gasteiger partial charge in [0.2, 0.25) is 0 Å². The van der Waals surface area contributed by atoms with Crippen molar-refractivity contribution in [3.8, 4) is 5.75 Å². The molecule has 0 bridgehead atoms. The fourth-order valence-electron chi connectivity index (χ4n) is 12.7. The van der Waals surface area contributed by atoms with Crippen LogP contribution in [0.4, 0.5) is 0 Å². The Kier molecular flexibility index (Phi) is 7.55. The van der Waals surface area contributed by atoms with Gasteiger partial charge in [0.15, 0.2) is 0 Å². The lowest BCUT2D eigenvalue weighted by Crippen LogP contribution is -2.67. The molecule has 6 rings (SSSR count). The van der Waals surface area contributed by atoms with E-state index in [0.717, 1.165) is 31.2 Å². The molecule has 1 aromatic carbocycles. The van der Waals surface area contributed by atoms with E-state index in [9.17, 15) is 15.0 Å². The molecule has 2 N–H and O–H groups in total. The number of aromatic hydroxyl groups is 1. The standard InChI is InChI=1S/C39H56O4/c1-25(2)28-16-21-39(24-40)23-22-37(6)29(34(28)39)13-14-31-36(5)19-18-32(35(3,4)30(36)17-20-38(31,37)7)43-33(42)15-10-26-8-11-27(41)12-9-26/h8-12,15,28-32,34,40-41H,1,13-14,16-24H2,2-7H3/t28?,29?,30?,31?,32?,34?,36-,37+,38+,39+/m0/s1. The normalized spacial score (nSPS) is 45.0. The number of benzene rings is 1. The summed E-state index contributed by atoms with van der Waals surface area (Å²) < 4.78 is 6.21. The van der Waals surface area contributed by atoms with Crippen molar-refractivity contribution in [2.45, 2.75) is 112 Å². The zero-order valence-corrected chi connectivity index (χ0v) is 27.6. The van der Waals surface area contributed by atoms with E-state index in [1.807, 2.05) is 0 Å². The number of hydrogen-bond donors (Lipinski definition) is 2. The maximum atomic E-state index is 13.0. The van der Waals surface area contributed by atoms with Crippen LogP contribution in [-0.2, 0) is 9.53 Å². The van der Waals surface area contributed by atoms with Crippen molar-refractivity contribution in [3.05, 3.63) is 48.1 Å². The number of aliphatic hydroxyl groups is 1. The van der Waals surface area contributed by atoms with Gasteiger partial charge in [-0.15, -0.1) is 0 Å². The Morgan fingerprint density at radius 2 is 1.63 bits per heavy atom. The molecule has 0 radical (unpaired) electrons. The maximum Gasteiger partial charge on any atom is 0.331 e. The summed E-state index contributed by atoms with van der Waals surface area (Å²) in [6.07, 6.45) is 15.0. The van der Waals surface area contributed by atoms with Gasteiger partial charge in [0.05, 0.1) is 0 Å². The number of carbonyl (C=O) groups excluding carboxylic acids is 1. The summed E-state index contributed by atoms with van der Waals surface area (Å²) in [6, 6.07) is 6.85. The maximum absolute atomic E-state index is 13.0. The Hall–Kier alpha value is -2.07. The lowest BCUT2D eigenvalue weighted by Gasteiger charge is -2.73. The molecule has 43 heavy (non-hydrogen) atoms. The number of aliphatic hydroxyl groups excluding tert-OH is 1. The van der Waals surface area contributed by atoms with Crippen molar-refractivity contribution in [1.82, 2.24) is 0 Å². The largest absolute Gasteiger partial charge is 0.508 e. The van der Waals surface area contributed by atoms with Gasteiger partial charge >= 0.3 is 5.97 Å². The molecule has 5 aliphatic rings. The van der Waals surface area contributed by atoms with Gasteiger partial charge in [-0.3, -0.25) is 0 Å². The zero-order valence-electron chi connectivity index (χ0n) is 27.6. The molecule has 5 aliphatic carbocycles. The van der Waals surface area contributed by atoms with Crippen LogP contribution in [-0.4, -0.2) is 28.9 Å². The van der Waals surface area contributed by atoms with E-state index in [-0.39, 0.29) is 44.9 Å². The molecule has 6 unspecified atom stereocenters. The van der Waals surface area contributed by atoms with Crippen molar-refractivity contribution >= 4 is 12.0 Å². The Balaban J connectivity index is 1.23. The summed E-state index contributed by atoms with van der Waals surface area (Å²) >= 11 is 0. The van der Waals surface area contributed by atoms with Crippen LogP contribution in [0.2, 0.25) is 0 Å². The molecule has 5 fully saturated rings. The number of rotatable bonds is 5. The van der Waals surface area contributed by atoms with E-state index in [4.69, 9.17) is 4.74 Å². The lowest BCUT2D eigenvalue weighted by atomic mass is 9.32. The highest BCUT2D eigenvalue weighted by Gasteiger charge is 2.71. The number of fused-ring (bicyclic) bond motifs is 7. The quantitative estimate of drug-likeness (QED) is 0.205. The van der Waals surface area contributed by atoms with Crippen molar-refractivity contribution in [2.24, 2.45) is 56.7 Å². The monoisotopic (exact) mass is 588 g/mol. The topological polar surface area (TPSA) is 66.8 Å². The Morgan fingerprint density at radius 3 is 2.30 bits per heavy atom. The van der Waals surface area contributed by atoms with Crippen LogP contribution in [0.1, 0.15) is 111 Å². The van der Waals surface area contributed by atoms with E-state index >= 15 is 0 Å². The van der Waals surface area contributed by atoms with Crippen molar-refractivity contribution in [1.29, 1.82) is 0 Å². The van der Waals surface area contributed by atoms with Gasteiger partial charge in [-0.25, -0.2) is 4.79 Å². The predicted molar refractivity (Wildman–Crippen MR) is 173 cm³/mol. The molecule has 4 heteroatoms. The number of phenols is 1. The third-order valence-electron chi connectivity index (χ3n) is 15.1. The molecule has 5 saturated carbocycles. The molecule has 0 amide bonds. The van der Waals surface area contributed by atoms with E-state index in [1.54, 1.807) is 30.3 Å². The van der Waals surface area contributed by atoms with E-state index in [2.05, 4.69) is 48.1 Å². The first-order valence-corrected chi connectivity index (χ1v) is 17.2. The number of ether oxygens (including phenoxy) is 1. The van der Waals surface area contributed by atoms with E-state index in [1.165, 1.54) is 50.2 Å². The number of phenolic OH excluding ortho intramolecular Hbond substituents is 1. The summed E-state index contributed by atoms with van der Waals surface area (Å²) in [6.45, 7) is 19.7. The molecule has 0 aliphatic heterocycles. The number of allylic oxidation sites excluding steroid dienone is 1. The minimum atomic E-state index is -0.276. The Morgan fingerprint density at radius 1 is 0.907 bits per heavy atom. The summed E-state index contributed by atoms with van der Waals surface area (Å²) in [4.78, 5) is 13.0. The second-order valence-corrected chi connectivity index (χ2v) is 16.9. The van der Waals surface area contributed by atoms with Crippen LogP contribution in [0, 0.1) is 56.7 Å². The van der Waals surface area contributed by atoms with Crippen molar-refractivity contribution in [3.63, 3.8) is 0 Å². The molecule has 0 saturated heterocycles. The van der Waals surface area contributed by atoms with Crippen LogP contribution in [0.15, 0.2) is 42.5 Å². The number of hydrogen-bond acceptors (Lipinski definition) is 4. The van der Waals surface area contributed by atoms with Gasteiger partial charge in [0, 0.05) is 18.1 Å². The highest BCUT2D eigenvalue weighted by Crippen LogP contribution is 2.77. The van der Waals surface area contributed by atoms with Gasteiger partial charge in [0.25, 0.3) is 0 Å². The predicted octanol–water partition coefficient (Wildman–Crippen LogP) is 8.97. The molecule has 0 heterocycles. The smallest absolute Gasteiger partial charge is 0.331 e. The molecule has 10 atom stereocenters. The minimum Gasteiger partial charge on any atom is -0.508 e. The average Bonchev–Trinajstić information content (AvgIpc) is 3.35. The van der Waals surface area contributed by atoms with Crippen LogP contribution in [0.25, 0.3) is 6.08 Å². The van der Waals surface area contributed by atoms with Crippen LogP contribution >= 0.6 is 0 Å². The van der Waals surface area contributed by atoms with Gasteiger partial charge in [-0.1, -0.05) is 58.9 Å². The van der Waals surface area contributed by atoms with E-state index < -0.39 is 0 Å². The number of carbonyl (C=O) groups is 1. The summed E-state index contributed by atoms with van der Waals surface area (Å²) in [5.41, 5.74) is 2.98. The fraction of sp³-hybridized carbons (Fsp3) is 0.718. The molecule has 0 aromatic heterocycles. The molecule has 0 spiro atoms. The Labute approximate surface area is 260 Å². The third-order valence-corrected chi connectivity index (χ3v) is 15.1. The second kappa shape index (κ2) is 10.5. The summed E-state index contributed by atoms with van der Waals surface area (Å²) in [5, 5.41) is 20.3.